The van der Waals surface area contributed by atoms with Gasteiger partial charge in [-0.15, -0.1) is 0 Å². The van der Waals surface area contributed by atoms with Crippen LogP contribution in [-0.4, -0.2) is 19.2 Å². The number of alkyl halides is 2. The molecule has 0 saturated heterocycles. The number of nitrogen functional groups attached to an aromatic ring is 1. The molecule has 0 fully saturated rings. The first-order valence-corrected chi connectivity index (χ1v) is 12.4. The third kappa shape index (κ3) is 4.78. The van der Waals surface area contributed by atoms with Gasteiger partial charge in [0.05, 0.1) is 20.9 Å². The van der Waals surface area contributed by atoms with E-state index >= 15 is 0 Å². The van der Waals surface area contributed by atoms with Gasteiger partial charge >= 0.3 is 5.76 Å². The summed E-state index contributed by atoms with van der Waals surface area (Å²) in [4.78, 5) is 4.14. The van der Waals surface area contributed by atoms with Gasteiger partial charge in [0, 0.05) is 11.8 Å². The van der Waals surface area contributed by atoms with Crippen LogP contribution in [0.25, 0.3) is 22.1 Å². The molecule has 1 atom stereocenters. The SMILES string of the molecule is C[C@H](Oc1cc(-c2coc3c(I)cnc(N)c23)ccc1NS(=O)(=O)C(F)F)c1ccc(F)cc1. The van der Waals surface area contributed by atoms with Crippen LogP contribution in [-0.2, 0) is 10.0 Å². The lowest BCUT2D eigenvalue weighted by atomic mass is 10.0. The number of hydrogen-bond donors (Lipinski definition) is 2. The summed E-state index contributed by atoms with van der Waals surface area (Å²) in [6.07, 6.45) is 2.36. The van der Waals surface area contributed by atoms with E-state index in [-0.39, 0.29) is 17.3 Å². The number of fused-ring (bicyclic) bond motifs is 1. The summed E-state index contributed by atoms with van der Waals surface area (Å²) >= 11 is 2.05. The summed E-state index contributed by atoms with van der Waals surface area (Å²) < 4.78 is 77.1. The minimum Gasteiger partial charge on any atom is -0.484 e. The molecule has 0 radical (unpaired) electrons. The maximum atomic E-state index is 13.3. The molecule has 0 unspecified atom stereocenters. The Bertz CT molecular complexity index is 1460. The number of anilines is 2. The van der Waals surface area contributed by atoms with Gasteiger partial charge in [0.15, 0.2) is 5.58 Å². The highest BCUT2D eigenvalue weighted by atomic mass is 127. The predicted molar refractivity (Wildman–Crippen MR) is 131 cm³/mol. The molecule has 178 valence electrons. The summed E-state index contributed by atoms with van der Waals surface area (Å²) in [7, 11) is -4.96. The summed E-state index contributed by atoms with van der Waals surface area (Å²) in [5.74, 6) is -3.87. The molecule has 7 nitrogen and oxygen atoms in total. The van der Waals surface area contributed by atoms with E-state index in [1.807, 2.05) is 4.72 Å². The van der Waals surface area contributed by atoms with Crippen molar-refractivity contribution in [3.8, 4) is 16.9 Å². The number of nitrogens with zero attached hydrogens (tertiary/aromatic N) is 1. The fourth-order valence-corrected chi connectivity index (χ4v) is 4.41. The highest BCUT2D eigenvalue weighted by Gasteiger charge is 2.26. The van der Waals surface area contributed by atoms with Crippen molar-refractivity contribution >= 4 is 55.1 Å². The number of pyridine rings is 1. The Hall–Kier alpha value is -3.00. The Morgan fingerprint density at radius 1 is 1.18 bits per heavy atom. The predicted octanol–water partition coefficient (Wildman–Crippen LogP) is 5.93. The number of rotatable bonds is 7. The van der Waals surface area contributed by atoms with E-state index in [4.69, 9.17) is 14.9 Å². The molecule has 2 heterocycles. The van der Waals surface area contributed by atoms with Crippen LogP contribution in [0, 0.1) is 9.39 Å². The largest absolute Gasteiger partial charge is 0.484 e. The molecule has 4 rings (SSSR count). The Morgan fingerprint density at radius 3 is 2.56 bits per heavy atom. The minimum atomic E-state index is -4.96. The van der Waals surface area contributed by atoms with Crippen LogP contribution < -0.4 is 15.2 Å². The zero-order valence-corrected chi connectivity index (χ0v) is 20.4. The zero-order chi connectivity index (χ0) is 24.6. The molecule has 0 aliphatic heterocycles. The first-order valence-electron chi connectivity index (χ1n) is 9.74. The topological polar surface area (TPSA) is 107 Å². The number of ether oxygens (including phenoxy) is 1. The average molecular weight is 603 g/mol. The smallest absolute Gasteiger partial charge is 0.355 e. The Morgan fingerprint density at radius 2 is 1.88 bits per heavy atom. The Balaban J connectivity index is 1.80. The van der Waals surface area contributed by atoms with Gasteiger partial charge in [-0.3, -0.25) is 4.72 Å². The monoisotopic (exact) mass is 603 g/mol. The van der Waals surface area contributed by atoms with Crippen molar-refractivity contribution in [2.75, 3.05) is 10.5 Å². The number of furan rings is 1. The maximum absolute atomic E-state index is 13.3. The molecule has 0 aliphatic carbocycles. The van der Waals surface area contributed by atoms with Crippen molar-refractivity contribution in [2.45, 2.75) is 18.8 Å². The quantitative estimate of drug-likeness (QED) is 0.254. The van der Waals surface area contributed by atoms with Crippen LogP contribution in [0.2, 0.25) is 0 Å². The number of halogens is 4. The van der Waals surface area contributed by atoms with Crippen LogP contribution in [0.1, 0.15) is 18.6 Å². The first kappa shape index (κ1) is 24.1. The van der Waals surface area contributed by atoms with E-state index in [9.17, 15) is 21.6 Å². The third-order valence-electron chi connectivity index (χ3n) is 5.00. The van der Waals surface area contributed by atoms with Crippen molar-refractivity contribution in [3.63, 3.8) is 0 Å². The van der Waals surface area contributed by atoms with Crippen molar-refractivity contribution in [2.24, 2.45) is 0 Å². The highest BCUT2D eigenvalue weighted by molar-refractivity contribution is 14.1. The van der Waals surface area contributed by atoms with E-state index in [1.165, 1.54) is 48.7 Å². The third-order valence-corrected chi connectivity index (χ3v) is 6.75. The van der Waals surface area contributed by atoms with Crippen molar-refractivity contribution in [3.05, 3.63) is 69.9 Å². The molecule has 3 N–H and O–H groups in total. The molecule has 34 heavy (non-hydrogen) atoms. The molecular formula is C22H17F3IN3O4S. The number of nitrogens with two attached hydrogens (primary N) is 1. The molecule has 0 spiro atoms. The fourth-order valence-electron chi connectivity index (χ4n) is 3.31. The summed E-state index contributed by atoms with van der Waals surface area (Å²) in [5.41, 5.74) is 8.05. The number of nitrogens with one attached hydrogen (secondary N) is 1. The van der Waals surface area contributed by atoms with E-state index in [2.05, 4.69) is 27.6 Å². The standard InChI is InChI=1S/C22H17F3IN3O4S/c1-11(12-2-5-14(23)6-3-12)33-18-8-13(4-7-17(18)29-34(30,31)22(24)25)15-10-32-20-16(26)9-28-21(27)19(15)20/h2-11,22,29H,1H3,(H2,27,28)/t11-/m0/s1. The summed E-state index contributed by atoms with van der Waals surface area (Å²) in [6, 6.07) is 9.81. The van der Waals surface area contributed by atoms with Gasteiger partial charge in [0.25, 0.3) is 10.0 Å². The molecule has 0 aliphatic rings. The van der Waals surface area contributed by atoms with Gasteiger partial charge in [0.1, 0.15) is 23.5 Å². The number of hydrogen-bond acceptors (Lipinski definition) is 6. The summed E-state index contributed by atoms with van der Waals surface area (Å²) in [6.45, 7) is 1.66. The Kier molecular flexibility index (Phi) is 6.62. The van der Waals surface area contributed by atoms with Crippen molar-refractivity contribution < 1.29 is 30.7 Å². The minimum absolute atomic E-state index is 0.0231. The van der Waals surface area contributed by atoms with Gasteiger partial charge in [-0.25, -0.2) is 17.8 Å². The molecule has 0 amide bonds. The van der Waals surface area contributed by atoms with Gasteiger partial charge in [0.2, 0.25) is 0 Å². The normalized spacial score (nSPS) is 12.8. The van der Waals surface area contributed by atoms with Crippen molar-refractivity contribution in [1.29, 1.82) is 0 Å². The van der Waals surface area contributed by atoms with Crippen LogP contribution >= 0.6 is 22.6 Å². The number of aromatic nitrogens is 1. The molecule has 12 heteroatoms. The van der Waals surface area contributed by atoms with Crippen LogP contribution in [0.3, 0.4) is 0 Å². The lowest BCUT2D eigenvalue weighted by Crippen LogP contribution is -2.21. The van der Waals surface area contributed by atoms with Crippen LogP contribution in [0.15, 0.2) is 59.3 Å². The van der Waals surface area contributed by atoms with E-state index in [0.717, 1.165) is 3.57 Å². The second-order valence-corrected chi connectivity index (χ2v) is 10.1. The van der Waals surface area contributed by atoms with E-state index in [1.54, 1.807) is 13.1 Å². The summed E-state index contributed by atoms with van der Waals surface area (Å²) in [5, 5.41) is 0.547. The van der Waals surface area contributed by atoms with Gasteiger partial charge in [-0.1, -0.05) is 18.2 Å². The fraction of sp³-hybridized carbons (Fsp3) is 0.136. The maximum Gasteiger partial charge on any atom is 0.355 e. The van der Waals surface area contributed by atoms with Gasteiger partial charge in [-0.05, 0) is 64.9 Å². The molecule has 2 aromatic carbocycles. The van der Waals surface area contributed by atoms with E-state index < -0.39 is 27.7 Å². The molecule has 4 aromatic rings. The zero-order valence-electron chi connectivity index (χ0n) is 17.4. The molecule has 0 bridgehead atoms. The Labute approximate surface area is 206 Å². The number of sulfonamides is 1. The second kappa shape index (κ2) is 9.33. The number of benzene rings is 2. The van der Waals surface area contributed by atoms with Crippen LogP contribution in [0.4, 0.5) is 24.7 Å². The van der Waals surface area contributed by atoms with Gasteiger partial charge in [-0.2, -0.15) is 8.78 Å². The van der Waals surface area contributed by atoms with Crippen LogP contribution in [0.5, 0.6) is 5.75 Å². The van der Waals surface area contributed by atoms with Gasteiger partial charge < -0.3 is 14.9 Å². The molecular weight excluding hydrogens is 586 g/mol. The molecule has 0 saturated carbocycles. The lowest BCUT2D eigenvalue weighted by Gasteiger charge is -2.19. The highest BCUT2D eigenvalue weighted by Crippen LogP contribution is 2.40. The second-order valence-electron chi connectivity index (χ2n) is 7.28. The first-order chi connectivity index (χ1) is 16.1. The van der Waals surface area contributed by atoms with Crippen molar-refractivity contribution in [1.82, 2.24) is 4.98 Å². The molecule has 2 aromatic heterocycles. The van der Waals surface area contributed by atoms with E-state index in [0.29, 0.717) is 27.7 Å². The lowest BCUT2D eigenvalue weighted by molar-refractivity contribution is 0.228. The average Bonchev–Trinajstić information content (AvgIpc) is 3.24.